The highest BCUT2D eigenvalue weighted by Crippen LogP contribution is 2.42. The first-order chi connectivity index (χ1) is 9.54. The first-order valence-electron chi connectivity index (χ1n) is 6.52. The summed E-state index contributed by atoms with van der Waals surface area (Å²) in [5.74, 6) is 0.879. The maximum atomic E-state index is 6.31. The van der Waals surface area contributed by atoms with Gasteiger partial charge >= 0.3 is 0 Å². The number of nitrogens with two attached hydrogens (primary N) is 1. The summed E-state index contributed by atoms with van der Waals surface area (Å²) in [6, 6.07) is 12.3. The van der Waals surface area contributed by atoms with E-state index in [2.05, 4.69) is 57.0 Å². The molecule has 0 radical (unpaired) electrons. The van der Waals surface area contributed by atoms with Gasteiger partial charge in [0.1, 0.15) is 11.9 Å². The summed E-state index contributed by atoms with van der Waals surface area (Å²) in [5, 5.41) is 0. The highest BCUT2D eigenvalue weighted by molar-refractivity contribution is 9.10. The van der Waals surface area contributed by atoms with Gasteiger partial charge in [0.15, 0.2) is 0 Å². The lowest BCUT2D eigenvalue weighted by Crippen LogP contribution is -2.24. The molecule has 0 bridgehead atoms. The molecular weight excluding hydrogens is 382 g/mol. The van der Waals surface area contributed by atoms with Crippen molar-refractivity contribution in [3.8, 4) is 5.75 Å². The molecule has 0 aliphatic carbocycles. The van der Waals surface area contributed by atoms with Crippen LogP contribution in [0, 0.1) is 6.92 Å². The van der Waals surface area contributed by atoms with E-state index in [1.165, 1.54) is 5.56 Å². The van der Waals surface area contributed by atoms with Crippen LogP contribution in [0.2, 0.25) is 0 Å². The van der Waals surface area contributed by atoms with Gasteiger partial charge in [-0.25, -0.2) is 0 Å². The van der Waals surface area contributed by atoms with Crippen molar-refractivity contribution in [2.24, 2.45) is 5.73 Å². The number of aryl methyl sites for hydroxylation is 1. The molecule has 2 N–H and O–H groups in total. The zero-order valence-electron chi connectivity index (χ0n) is 11.1. The third-order valence-electron chi connectivity index (χ3n) is 3.61. The van der Waals surface area contributed by atoms with E-state index in [0.717, 1.165) is 32.2 Å². The lowest BCUT2D eigenvalue weighted by atomic mass is 9.93. The molecule has 104 valence electrons. The van der Waals surface area contributed by atoms with Gasteiger partial charge in [0.2, 0.25) is 0 Å². The molecule has 20 heavy (non-hydrogen) atoms. The molecule has 2 unspecified atom stereocenters. The zero-order chi connectivity index (χ0) is 14.3. The number of hydrogen-bond donors (Lipinski definition) is 1. The summed E-state index contributed by atoms with van der Waals surface area (Å²) >= 11 is 7.10. The molecule has 1 aliphatic rings. The van der Waals surface area contributed by atoms with Gasteiger partial charge in [-0.15, -0.1) is 0 Å². The molecule has 4 heteroatoms. The molecular formula is C16H15Br2NO. The van der Waals surface area contributed by atoms with E-state index in [0.29, 0.717) is 0 Å². The van der Waals surface area contributed by atoms with Gasteiger partial charge in [-0.05, 0) is 36.8 Å². The van der Waals surface area contributed by atoms with Crippen LogP contribution in [0.15, 0.2) is 45.3 Å². The molecule has 1 aliphatic heterocycles. The minimum atomic E-state index is -0.00588. The van der Waals surface area contributed by atoms with Crippen molar-refractivity contribution in [3.63, 3.8) is 0 Å². The van der Waals surface area contributed by atoms with Gasteiger partial charge in [0, 0.05) is 32.5 Å². The molecule has 0 aromatic heterocycles. The van der Waals surface area contributed by atoms with Gasteiger partial charge in [-0.1, -0.05) is 44.0 Å². The van der Waals surface area contributed by atoms with Crippen LogP contribution in [0.4, 0.5) is 0 Å². The Kier molecular flexibility index (Phi) is 3.89. The van der Waals surface area contributed by atoms with Gasteiger partial charge < -0.3 is 10.5 Å². The summed E-state index contributed by atoms with van der Waals surface area (Å²) < 4.78 is 8.24. The maximum absolute atomic E-state index is 6.31. The molecule has 2 atom stereocenters. The van der Waals surface area contributed by atoms with Gasteiger partial charge in [0.25, 0.3) is 0 Å². The van der Waals surface area contributed by atoms with E-state index in [1.807, 2.05) is 18.2 Å². The van der Waals surface area contributed by atoms with E-state index < -0.39 is 0 Å². The van der Waals surface area contributed by atoms with Crippen molar-refractivity contribution in [1.29, 1.82) is 0 Å². The van der Waals surface area contributed by atoms with Crippen LogP contribution in [0.5, 0.6) is 5.75 Å². The fraction of sp³-hybridized carbons (Fsp3) is 0.250. The highest BCUT2D eigenvalue weighted by Gasteiger charge is 2.28. The summed E-state index contributed by atoms with van der Waals surface area (Å²) in [5.41, 5.74) is 9.75. The Bertz CT molecular complexity index is 657. The third kappa shape index (κ3) is 2.65. The monoisotopic (exact) mass is 395 g/mol. The second-order valence-electron chi connectivity index (χ2n) is 5.16. The van der Waals surface area contributed by atoms with Crippen LogP contribution < -0.4 is 10.5 Å². The van der Waals surface area contributed by atoms with Gasteiger partial charge in [0.05, 0.1) is 0 Å². The number of ether oxygens (including phenoxy) is 1. The summed E-state index contributed by atoms with van der Waals surface area (Å²) in [6.07, 6.45) is 0.777. The predicted octanol–water partition coefficient (Wildman–Crippen LogP) is 5.04. The topological polar surface area (TPSA) is 35.2 Å². The van der Waals surface area contributed by atoms with E-state index in [-0.39, 0.29) is 12.1 Å². The van der Waals surface area contributed by atoms with Crippen molar-refractivity contribution in [3.05, 3.63) is 62.0 Å². The average molecular weight is 397 g/mol. The van der Waals surface area contributed by atoms with E-state index in [1.54, 1.807) is 0 Å². The Morgan fingerprint density at radius 2 is 1.90 bits per heavy atom. The van der Waals surface area contributed by atoms with Crippen LogP contribution in [0.25, 0.3) is 0 Å². The number of halogens is 2. The molecule has 0 spiro atoms. The molecule has 2 nitrogen and oxygen atoms in total. The summed E-state index contributed by atoms with van der Waals surface area (Å²) in [4.78, 5) is 0. The lowest BCUT2D eigenvalue weighted by Gasteiger charge is -2.31. The van der Waals surface area contributed by atoms with Crippen LogP contribution in [0.3, 0.4) is 0 Å². The maximum Gasteiger partial charge on any atom is 0.127 e. The second-order valence-corrected chi connectivity index (χ2v) is 6.93. The molecule has 0 fully saturated rings. The molecule has 0 saturated carbocycles. The largest absolute Gasteiger partial charge is 0.485 e. The minimum Gasteiger partial charge on any atom is -0.485 e. The quantitative estimate of drug-likeness (QED) is 0.732. The third-order valence-corrected chi connectivity index (χ3v) is 4.79. The first kappa shape index (κ1) is 14.1. The van der Waals surface area contributed by atoms with Crippen molar-refractivity contribution < 1.29 is 4.74 Å². The smallest absolute Gasteiger partial charge is 0.127 e. The van der Waals surface area contributed by atoms with Crippen molar-refractivity contribution in [2.45, 2.75) is 25.5 Å². The Balaban J connectivity index is 1.97. The predicted molar refractivity (Wildman–Crippen MR) is 87.9 cm³/mol. The Labute approximate surface area is 135 Å². The molecule has 2 aromatic rings. The molecule has 3 rings (SSSR count). The fourth-order valence-corrected chi connectivity index (χ4v) is 3.69. The first-order valence-corrected chi connectivity index (χ1v) is 8.11. The van der Waals surface area contributed by atoms with Crippen LogP contribution in [-0.4, -0.2) is 0 Å². The Hall–Kier alpha value is -0.840. The second kappa shape index (κ2) is 5.51. The highest BCUT2D eigenvalue weighted by atomic mass is 79.9. The molecule has 1 heterocycles. The van der Waals surface area contributed by atoms with Crippen LogP contribution in [-0.2, 0) is 0 Å². The molecule has 0 saturated heterocycles. The SMILES string of the molecule is Cc1ccc(C2CC(N)c3cc(Br)ccc3O2)c(Br)c1. The van der Waals surface area contributed by atoms with Crippen molar-refractivity contribution in [1.82, 2.24) is 0 Å². The fourth-order valence-electron chi connectivity index (χ4n) is 2.56. The molecule has 2 aromatic carbocycles. The lowest BCUT2D eigenvalue weighted by molar-refractivity contribution is 0.161. The van der Waals surface area contributed by atoms with E-state index >= 15 is 0 Å². The molecule has 0 amide bonds. The van der Waals surface area contributed by atoms with E-state index in [4.69, 9.17) is 10.5 Å². The Morgan fingerprint density at radius 3 is 2.65 bits per heavy atom. The van der Waals surface area contributed by atoms with Crippen LogP contribution >= 0.6 is 31.9 Å². The van der Waals surface area contributed by atoms with E-state index in [9.17, 15) is 0 Å². The minimum absolute atomic E-state index is 0.00514. The van der Waals surface area contributed by atoms with Gasteiger partial charge in [-0.3, -0.25) is 0 Å². The summed E-state index contributed by atoms with van der Waals surface area (Å²) in [7, 11) is 0. The zero-order valence-corrected chi connectivity index (χ0v) is 14.2. The van der Waals surface area contributed by atoms with Crippen molar-refractivity contribution in [2.75, 3.05) is 0 Å². The standard InChI is InChI=1S/C16H15Br2NO/c1-9-2-4-11(13(18)6-9)16-8-14(19)12-7-10(17)3-5-15(12)20-16/h2-7,14,16H,8,19H2,1H3. The number of fused-ring (bicyclic) bond motifs is 1. The number of hydrogen-bond acceptors (Lipinski definition) is 2. The number of rotatable bonds is 1. The number of benzene rings is 2. The summed E-state index contributed by atoms with van der Waals surface area (Å²) in [6.45, 7) is 2.08. The normalized spacial score (nSPS) is 21.2. The van der Waals surface area contributed by atoms with Crippen LogP contribution in [0.1, 0.15) is 35.3 Å². The van der Waals surface area contributed by atoms with Gasteiger partial charge in [-0.2, -0.15) is 0 Å². The Morgan fingerprint density at radius 1 is 1.10 bits per heavy atom. The average Bonchev–Trinajstić information content (AvgIpc) is 2.39. The van der Waals surface area contributed by atoms with Crippen molar-refractivity contribution >= 4 is 31.9 Å².